The zero-order chi connectivity index (χ0) is 11.4. The summed E-state index contributed by atoms with van der Waals surface area (Å²) in [7, 11) is 0. The van der Waals surface area contributed by atoms with Crippen molar-refractivity contribution in [3.8, 4) is 0 Å². The molecule has 0 aliphatic carbocycles. The fraction of sp³-hybridized carbons (Fsp3) is 0.538. The third-order valence-corrected chi connectivity index (χ3v) is 3.92. The Morgan fingerprint density at radius 3 is 2.94 bits per heavy atom. The van der Waals surface area contributed by atoms with E-state index < -0.39 is 6.67 Å². The molecule has 0 saturated carbocycles. The predicted molar refractivity (Wildman–Crippen MR) is 68.3 cm³/mol. The summed E-state index contributed by atoms with van der Waals surface area (Å²) in [4.78, 5) is 0. The minimum Gasteiger partial charge on any atom is -0.316 e. The van der Waals surface area contributed by atoms with Crippen LogP contribution < -0.4 is 5.32 Å². The second kappa shape index (κ2) is 5.78. The van der Waals surface area contributed by atoms with Gasteiger partial charge < -0.3 is 5.32 Å². The number of halogens is 2. The van der Waals surface area contributed by atoms with Crippen LogP contribution in [0.2, 0.25) is 0 Å². The van der Waals surface area contributed by atoms with E-state index in [2.05, 4.69) is 27.3 Å². The Kier molecular flexibility index (Phi) is 4.36. The van der Waals surface area contributed by atoms with Crippen molar-refractivity contribution >= 4 is 15.9 Å². The van der Waals surface area contributed by atoms with Crippen LogP contribution in [0, 0.1) is 5.92 Å². The van der Waals surface area contributed by atoms with Crippen LogP contribution in [0.3, 0.4) is 0 Å². The molecule has 0 spiro atoms. The first-order chi connectivity index (χ1) is 7.79. The molecular weight excluding hydrogens is 269 g/mol. The summed E-state index contributed by atoms with van der Waals surface area (Å²) < 4.78 is 13.4. The van der Waals surface area contributed by atoms with E-state index in [0.29, 0.717) is 0 Å². The predicted octanol–water partition coefficient (Wildman–Crippen LogP) is 3.46. The molecule has 1 fully saturated rings. The van der Waals surface area contributed by atoms with Gasteiger partial charge >= 0.3 is 0 Å². The van der Waals surface area contributed by atoms with Crippen molar-refractivity contribution in [2.45, 2.75) is 25.9 Å². The molecule has 0 amide bonds. The van der Waals surface area contributed by atoms with Crippen LogP contribution in [0.4, 0.5) is 4.39 Å². The summed E-state index contributed by atoms with van der Waals surface area (Å²) in [6.07, 6.45) is 3.67. The second-order valence-electron chi connectivity index (χ2n) is 4.48. The first-order valence-electron chi connectivity index (χ1n) is 5.83. The maximum Gasteiger partial charge on any atom is 0.116 e. The third-order valence-electron chi connectivity index (χ3n) is 3.18. The molecule has 2 rings (SSSR count). The van der Waals surface area contributed by atoms with Crippen LogP contribution in [0.15, 0.2) is 22.7 Å². The first-order valence-corrected chi connectivity index (χ1v) is 6.63. The van der Waals surface area contributed by atoms with Crippen LogP contribution in [-0.4, -0.2) is 13.1 Å². The van der Waals surface area contributed by atoms with Gasteiger partial charge in [-0.3, -0.25) is 0 Å². The van der Waals surface area contributed by atoms with Crippen LogP contribution >= 0.6 is 15.9 Å². The van der Waals surface area contributed by atoms with Crippen molar-refractivity contribution in [1.29, 1.82) is 0 Å². The highest BCUT2D eigenvalue weighted by molar-refractivity contribution is 9.10. The monoisotopic (exact) mass is 285 g/mol. The van der Waals surface area contributed by atoms with Gasteiger partial charge in [-0.15, -0.1) is 0 Å². The van der Waals surface area contributed by atoms with Crippen molar-refractivity contribution in [3.63, 3.8) is 0 Å². The lowest BCUT2D eigenvalue weighted by Crippen LogP contribution is -2.30. The molecular formula is C13H17BrFN. The fourth-order valence-corrected chi connectivity index (χ4v) is 2.79. The largest absolute Gasteiger partial charge is 0.316 e. The van der Waals surface area contributed by atoms with Gasteiger partial charge in [0.25, 0.3) is 0 Å². The van der Waals surface area contributed by atoms with Crippen LogP contribution in [-0.2, 0) is 13.1 Å². The number of alkyl halides is 1. The number of hydrogen-bond donors (Lipinski definition) is 1. The fourth-order valence-electron chi connectivity index (χ4n) is 2.26. The lowest BCUT2D eigenvalue weighted by atomic mass is 9.92. The van der Waals surface area contributed by atoms with Gasteiger partial charge in [0.2, 0.25) is 0 Å². The zero-order valence-corrected chi connectivity index (χ0v) is 10.9. The highest BCUT2D eigenvalue weighted by Gasteiger charge is 2.13. The molecule has 1 aliphatic rings. The standard InChI is InChI=1S/C13H17BrFN/c14-13-7-10(3-4-12(13)8-15)6-11-2-1-5-16-9-11/h3-4,7,11,16H,1-2,5-6,8-9H2. The normalized spacial score (nSPS) is 21.0. The van der Waals surface area contributed by atoms with Gasteiger partial charge in [0.1, 0.15) is 6.67 Å². The number of nitrogens with one attached hydrogen (secondary N) is 1. The molecule has 3 heteroatoms. The van der Waals surface area contributed by atoms with Crippen molar-refractivity contribution in [2.24, 2.45) is 5.92 Å². The molecule has 1 N–H and O–H groups in total. The van der Waals surface area contributed by atoms with E-state index in [1.807, 2.05) is 12.1 Å². The van der Waals surface area contributed by atoms with Gasteiger partial charge in [-0.05, 0) is 55.5 Å². The quantitative estimate of drug-likeness (QED) is 0.897. The zero-order valence-electron chi connectivity index (χ0n) is 9.31. The molecule has 0 radical (unpaired) electrons. The third kappa shape index (κ3) is 3.05. The summed E-state index contributed by atoms with van der Waals surface area (Å²) >= 11 is 3.42. The maximum absolute atomic E-state index is 12.5. The van der Waals surface area contributed by atoms with Crippen molar-refractivity contribution in [3.05, 3.63) is 33.8 Å². The van der Waals surface area contributed by atoms with E-state index >= 15 is 0 Å². The van der Waals surface area contributed by atoms with Crippen LogP contribution in [0.5, 0.6) is 0 Å². The minimum absolute atomic E-state index is 0.397. The van der Waals surface area contributed by atoms with Crippen LogP contribution in [0.1, 0.15) is 24.0 Å². The SMILES string of the molecule is FCc1ccc(CC2CCCNC2)cc1Br. The number of hydrogen-bond acceptors (Lipinski definition) is 1. The van der Waals surface area contributed by atoms with E-state index in [-0.39, 0.29) is 0 Å². The number of rotatable bonds is 3. The van der Waals surface area contributed by atoms with Gasteiger partial charge in [-0.1, -0.05) is 28.1 Å². The molecule has 1 nitrogen and oxygen atoms in total. The molecule has 1 aliphatic heterocycles. The van der Waals surface area contributed by atoms with Gasteiger partial charge in [0, 0.05) is 4.47 Å². The first kappa shape index (κ1) is 12.1. The molecule has 88 valence electrons. The van der Waals surface area contributed by atoms with Gasteiger partial charge in [-0.25, -0.2) is 4.39 Å². The van der Waals surface area contributed by atoms with Crippen molar-refractivity contribution < 1.29 is 4.39 Å². The minimum atomic E-state index is -0.397. The summed E-state index contributed by atoms with van der Waals surface area (Å²) in [5.41, 5.74) is 2.04. The molecule has 0 aromatic heterocycles. The lowest BCUT2D eigenvalue weighted by Gasteiger charge is -2.22. The highest BCUT2D eigenvalue weighted by Crippen LogP contribution is 2.23. The van der Waals surface area contributed by atoms with E-state index in [4.69, 9.17) is 0 Å². The molecule has 1 unspecified atom stereocenters. The smallest absolute Gasteiger partial charge is 0.116 e. The molecule has 0 bridgehead atoms. The van der Waals surface area contributed by atoms with Crippen molar-refractivity contribution in [1.82, 2.24) is 5.32 Å². The summed E-state index contributed by atoms with van der Waals surface area (Å²) in [6, 6.07) is 5.99. The Labute approximate surface area is 105 Å². The van der Waals surface area contributed by atoms with Gasteiger partial charge in [0.15, 0.2) is 0 Å². The Morgan fingerprint density at radius 1 is 1.44 bits per heavy atom. The number of benzene rings is 1. The lowest BCUT2D eigenvalue weighted by molar-refractivity contribution is 0.376. The average molecular weight is 286 g/mol. The van der Waals surface area contributed by atoms with E-state index in [1.54, 1.807) is 0 Å². The Bertz CT molecular complexity index is 348. The maximum atomic E-state index is 12.5. The van der Waals surface area contributed by atoms with Crippen LogP contribution in [0.25, 0.3) is 0 Å². The number of piperidine rings is 1. The molecule has 1 saturated heterocycles. The van der Waals surface area contributed by atoms with Gasteiger partial charge in [-0.2, -0.15) is 0 Å². The molecule has 1 aromatic carbocycles. The molecule has 1 atom stereocenters. The molecule has 1 heterocycles. The van der Waals surface area contributed by atoms with E-state index in [0.717, 1.165) is 35.5 Å². The summed E-state index contributed by atoms with van der Waals surface area (Å²) in [5.74, 6) is 0.733. The molecule has 16 heavy (non-hydrogen) atoms. The Balaban J connectivity index is 2.01. The van der Waals surface area contributed by atoms with Crippen molar-refractivity contribution in [2.75, 3.05) is 13.1 Å². The average Bonchev–Trinajstić information content (AvgIpc) is 2.31. The van der Waals surface area contributed by atoms with Gasteiger partial charge in [0.05, 0.1) is 0 Å². The molecule has 1 aromatic rings. The second-order valence-corrected chi connectivity index (χ2v) is 5.33. The summed E-state index contributed by atoms with van der Waals surface area (Å²) in [5, 5.41) is 3.42. The topological polar surface area (TPSA) is 12.0 Å². The van der Waals surface area contributed by atoms with E-state index in [1.165, 1.54) is 18.4 Å². The Hall–Kier alpha value is -0.410. The summed E-state index contributed by atoms with van der Waals surface area (Å²) in [6.45, 7) is 1.87. The van der Waals surface area contributed by atoms with E-state index in [9.17, 15) is 4.39 Å². The highest BCUT2D eigenvalue weighted by atomic mass is 79.9. The Morgan fingerprint density at radius 2 is 2.31 bits per heavy atom.